The van der Waals surface area contributed by atoms with Crippen LogP contribution in [0.25, 0.3) is 0 Å². The van der Waals surface area contributed by atoms with Gasteiger partial charge in [-0.3, -0.25) is 9.59 Å². The number of hydrogen-bond acceptors (Lipinski definition) is 3. The van der Waals surface area contributed by atoms with Crippen molar-refractivity contribution in [3.8, 4) is 0 Å². The van der Waals surface area contributed by atoms with Crippen molar-refractivity contribution in [1.29, 1.82) is 0 Å². The van der Waals surface area contributed by atoms with E-state index in [1.807, 2.05) is 0 Å². The fourth-order valence-corrected chi connectivity index (χ4v) is 3.05. The third-order valence-corrected chi connectivity index (χ3v) is 4.75. The lowest BCUT2D eigenvalue weighted by Gasteiger charge is -2.19. The molecule has 1 atom stereocenters. The van der Waals surface area contributed by atoms with Crippen LogP contribution in [0, 0.1) is 5.92 Å². The molecule has 0 spiro atoms. The normalized spacial score (nSPS) is 18.1. The average molecular weight is 320 g/mol. The van der Waals surface area contributed by atoms with Crippen molar-refractivity contribution in [2.24, 2.45) is 5.92 Å². The Bertz CT molecular complexity index is 535. The van der Waals surface area contributed by atoms with Crippen LogP contribution >= 0.6 is 11.8 Å². The predicted molar refractivity (Wildman–Crippen MR) is 90.0 cm³/mol. The molecule has 0 saturated carbocycles. The van der Waals surface area contributed by atoms with Crippen LogP contribution in [0.15, 0.2) is 29.2 Å². The molecule has 1 aliphatic heterocycles. The van der Waals surface area contributed by atoms with Gasteiger partial charge >= 0.3 is 0 Å². The summed E-state index contributed by atoms with van der Waals surface area (Å²) in [5.74, 6) is 0.729. The lowest BCUT2D eigenvalue weighted by Crippen LogP contribution is -2.31. The molecule has 0 bridgehead atoms. The molecule has 120 valence electrons. The summed E-state index contributed by atoms with van der Waals surface area (Å²) in [4.78, 5) is 24.0. The zero-order valence-electron chi connectivity index (χ0n) is 13.4. The number of amides is 2. The zero-order valence-corrected chi connectivity index (χ0v) is 14.3. The van der Waals surface area contributed by atoms with E-state index in [0.717, 1.165) is 4.90 Å². The Morgan fingerprint density at radius 2 is 2.00 bits per heavy atom. The van der Waals surface area contributed by atoms with Crippen LogP contribution in [0.1, 0.15) is 32.8 Å². The van der Waals surface area contributed by atoms with Crippen molar-refractivity contribution in [2.45, 2.75) is 37.5 Å². The molecule has 2 rings (SSSR count). The van der Waals surface area contributed by atoms with Crippen LogP contribution in [0.2, 0.25) is 0 Å². The summed E-state index contributed by atoms with van der Waals surface area (Å²) in [6, 6.07) is 8.38. The highest BCUT2D eigenvalue weighted by Gasteiger charge is 2.21. The maximum absolute atomic E-state index is 11.8. The van der Waals surface area contributed by atoms with Gasteiger partial charge in [-0.2, -0.15) is 0 Å². The third-order valence-electron chi connectivity index (χ3n) is 3.74. The van der Waals surface area contributed by atoms with Crippen LogP contribution in [0.5, 0.6) is 0 Å². The maximum atomic E-state index is 11.8. The fraction of sp³-hybridized carbons (Fsp3) is 0.529. The highest BCUT2D eigenvalue weighted by molar-refractivity contribution is 8.00. The molecular formula is C17H24N2O2S. The van der Waals surface area contributed by atoms with Gasteiger partial charge in [0, 0.05) is 30.3 Å². The molecule has 0 aliphatic carbocycles. The number of thioether (sulfide) groups is 1. The van der Waals surface area contributed by atoms with Gasteiger partial charge < -0.3 is 10.6 Å². The van der Waals surface area contributed by atoms with Crippen LogP contribution in [-0.4, -0.2) is 30.7 Å². The summed E-state index contributed by atoms with van der Waals surface area (Å²) in [5, 5.41) is 5.67. The van der Waals surface area contributed by atoms with Gasteiger partial charge in [-0.15, -0.1) is 11.8 Å². The smallest absolute Gasteiger partial charge is 0.230 e. The third kappa shape index (κ3) is 5.05. The van der Waals surface area contributed by atoms with Crippen molar-refractivity contribution in [1.82, 2.24) is 10.6 Å². The van der Waals surface area contributed by atoms with Crippen LogP contribution in [0.4, 0.5) is 0 Å². The first-order valence-corrected chi connectivity index (χ1v) is 8.60. The van der Waals surface area contributed by atoms with Gasteiger partial charge in [0.1, 0.15) is 0 Å². The predicted octanol–water partition coefficient (Wildman–Crippen LogP) is 2.33. The van der Waals surface area contributed by atoms with E-state index in [0.29, 0.717) is 25.3 Å². The van der Waals surface area contributed by atoms with E-state index < -0.39 is 0 Å². The van der Waals surface area contributed by atoms with Crippen LogP contribution < -0.4 is 10.6 Å². The highest BCUT2D eigenvalue weighted by Crippen LogP contribution is 2.25. The van der Waals surface area contributed by atoms with Gasteiger partial charge in [-0.05, 0) is 23.1 Å². The topological polar surface area (TPSA) is 58.2 Å². The van der Waals surface area contributed by atoms with Crippen molar-refractivity contribution in [3.05, 3.63) is 29.8 Å². The number of carbonyl (C=O) groups excluding carboxylic acids is 2. The SMILES string of the molecule is CC(C)(C)c1ccc(SCC(=O)NCC2CNC(=O)C2)cc1. The molecule has 1 saturated heterocycles. The summed E-state index contributed by atoms with van der Waals surface area (Å²) in [6.07, 6.45) is 0.516. The Morgan fingerprint density at radius 3 is 2.55 bits per heavy atom. The van der Waals surface area contributed by atoms with E-state index in [9.17, 15) is 9.59 Å². The summed E-state index contributed by atoms with van der Waals surface area (Å²) in [7, 11) is 0. The number of carbonyl (C=O) groups is 2. The van der Waals surface area contributed by atoms with Crippen molar-refractivity contribution < 1.29 is 9.59 Å². The average Bonchev–Trinajstić information content (AvgIpc) is 2.88. The number of rotatable bonds is 5. The minimum absolute atomic E-state index is 0.0178. The minimum Gasteiger partial charge on any atom is -0.356 e. The number of nitrogens with one attached hydrogen (secondary N) is 2. The Labute approximate surface area is 136 Å². The van der Waals surface area contributed by atoms with Gasteiger partial charge in [0.05, 0.1) is 5.75 Å². The first kappa shape index (κ1) is 16.9. The second kappa shape index (κ2) is 7.18. The molecule has 1 unspecified atom stereocenters. The molecule has 1 fully saturated rings. The molecule has 0 aromatic heterocycles. The molecular weight excluding hydrogens is 296 g/mol. The fourth-order valence-electron chi connectivity index (χ4n) is 2.32. The van der Waals surface area contributed by atoms with E-state index in [2.05, 4.69) is 55.7 Å². The van der Waals surface area contributed by atoms with Gasteiger partial charge in [0.2, 0.25) is 11.8 Å². The standard InChI is InChI=1S/C17H24N2O2S/c1-17(2,3)13-4-6-14(7-5-13)22-11-16(21)19-10-12-8-15(20)18-9-12/h4-7,12H,8-11H2,1-3H3,(H,18,20)(H,19,21). The van der Waals surface area contributed by atoms with Crippen molar-refractivity contribution in [2.75, 3.05) is 18.8 Å². The Kier molecular flexibility index (Phi) is 5.51. The van der Waals surface area contributed by atoms with Crippen molar-refractivity contribution >= 4 is 23.6 Å². The molecule has 5 heteroatoms. The summed E-state index contributed by atoms with van der Waals surface area (Å²) >= 11 is 1.54. The minimum atomic E-state index is 0.0178. The first-order chi connectivity index (χ1) is 10.3. The summed E-state index contributed by atoms with van der Waals surface area (Å²) in [6.45, 7) is 7.79. The van der Waals surface area contributed by atoms with Gasteiger partial charge in [0.15, 0.2) is 0 Å². The molecule has 1 aromatic carbocycles. The van der Waals surface area contributed by atoms with Gasteiger partial charge in [-0.1, -0.05) is 32.9 Å². The highest BCUT2D eigenvalue weighted by atomic mass is 32.2. The van der Waals surface area contributed by atoms with Crippen LogP contribution in [0.3, 0.4) is 0 Å². The first-order valence-electron chi connectivity index (χ1n) is 7.61. The lowest BCUT2D eigenvalue weighted by atomic mass is 9.87. The van der Waals surface area contributed by atoms with Gasteiger partial charge in [-0.25, -0.2) is 0 Å². The van der Waals surface area contributed by atoms with Crippen molar-refractivity contribution in [3.63, 3.8) is 0 Å². The number of benzene rings is 1. The Hall–Kier alpha value is -1.49. The lowest BCUT2D eigenvalue weighted by molar-refractivity contribution is -0.120. The number of hydrogen-bond donors (Lipinski definition) is 2. The molecule has 1 aliphatic rings. The maximum Gasteiger partial charge on any atom is 0.230 e. The molecule has 1 aromatic rings. The largest absolute Gasteiger partial charge is 0.356 e. The monoisotopic (exact) mass is 320 g/mol. The van der Waals surface area contributed by atoms with E-state index in [4.69, 9.17) is 0 Å². The Balaban J connectivity index is 1.73. The second-order valence-electron chi connectivity index (χ2n) is 6.74. The zero-order chi connectivity index (χ0) is 16.2. The Morgan fingerprint density at radius 1 is 1.32 bits per heavy atom. The molecule has 1 heterocycles. The molecule has 2 amide bonds. The van der Waals surface area contributed by atoms with E-state index >= 15 is 0 Å². The van der Waals surface area contributed by atoms with E-state index in [-0.39, 0.29) is 23.1 Å². The van der Waals surface area contributed by atoms with Crippen LogP contribution in [-0.2, 0) is 15.0 Å². The molecule has 22 heavy (non-hydrogen) atoms. The summed E-state index contributed by atoms with van der Waals surface area (Å²) < 4.78 is 0. The van der Waals surface area contributed by atoms with E-state index in [1.54, 1.807) is 0 Å². The molecule has 2 N–H and O–H groups in total. The quantitative estimate of drug-likeness (QED) is 0.819. The summed E-state index contributed by atoms with van der Waals surface area (Å²) in [5.41, 5.74) is 1.44. The second-order valence-corrected chi connectivity index (χ2v) is 7.79. The van der Waals surface area contributed by atoms with Gasteiger partial charge in [0.25, 0.3) is 0 Å². The molecule has 4 nitrogen and oxygen atoms in total. The molecule has 0 radical (unpaired) electrons. The van der Waals surface area contributed by atoms with E-state index in [1.165, 1.54) is 17.3 Å².